The minimum Gasteiger partial charge on any atom is -0.496 e. The molecule has 7 heteroatoms. The maximum Gasteiger partial charge on any atom is 0.329 e. The van der Waals surface area contributed by atoms with E-state index in [1.165, 1.54) is 6.92 Å². The molecule has 0 bridgehead atoms. The first-order valence-corrected chi connectivity index (χ1v) is 8.59. The van der Waals surface area contributed by atoms with E-state index in [1.54, 1.807) is 32.2 Å². The van der Waals surface area contributed by atoms with E-state index in [9.17, 15) is 14.4 Å². The van der Waals surface area contributed by atoms with Crippen LogP contribution in [0.2, 0.25) is 0 Å². The molecule has 0 radical (unpaired) electrons. The largest absolute Gasteiger partial charge is 0.496 e. The highest BCUT2D eigenvalue weighted by atomic mass is 16.5. The quantitative estimate of drug-likeness (QED) is 0.620. The molecule has 1 heterocycles. The summed E-state index contributed by atoms with van der Waals surface area (Å²) in [6.07, 6.45) is 0. The number of methoxy groups -OCH3 is 1. The highest BCUT2D eigenvalue weighted by molar-refractivity contribution is 6.09. The zero-order chi connectivity index (χ0) is 19.6. The number of esters is 1. The van der Waals surface area contributed by atoms with Crippen molar-refractivity contribution in [3.05, 3.63) is 29.3 Å². The summed E-state index contributed by atoms with van der Waals surface area (Å²) in [6.45, 7) is 9.04. The summed E-state index contributed by atoms with van der Waals surface area (Å²) in [5.41, 5.74) is 0.219. The van der Waals surface area contributed by atoms with E-state index >= 15 is 0 Å². The van der Waals surface area contributed by atoms with Crippen LogP contribution >= 0.6 is 0 Å². The zero-order valence-corrected chi connectivity index (χ0v) is 16.1. The Kier molecular flexibility index (Phi) is 5.59. The minimum atomic E-state index is -1.25. The van der Waals surface area contributed by atoms with E-state index in [0.29, 0.717) is 11.3 Å². The molecule has 3 amide bonds. The maximum atomic E-state index is 13.0. The second-order valence-corrected chi connectivity index (χ2v) is 7.11. The van der Waals surface area contributed by atoms with Crippen molar-refractivity contribution in [1.82, 2.24) is 10.2 Å². The minimum absolute atomic E-state index is 0.168. The predicted octanol–water partition coefficient (Wildman–Crippen LogP) is 2.36. The first kappa shape index (κ1) is 19.8. The summed E-state index contributed by atoms with van der Waals surface area (Å²) < 4.78 is 10.4. The SMILES string of the molecule is COc1ccc(C2(C)NC(=O)N(C(C)C(=O)OCC(C)C)C2=O)cc1C. The molecule has 2 rings (SSSR count). The summed E-state index contributed by atoms with van der Waals surface area (Å²) >= 11 is 0. The first-order valence-electron chi connectivity index (χ1n) is 8.59. The molecule has 26 heavy (non-hydrogen) atoms. The highest BCUT2D eigenvalue weighted by Crippen LogP contribution is 2.32. The lowest BCUT2D eigenvalue weighted by Crippen LogP contribution is -2.46. The molecule has 2 atom stereocenters. The number of nitrogens with one attached hydrogen (secondary N) is 1. The van der Waals surface area contributed by atoms with Crippen LogP contribution in [0.5, 0.6) is 5.75 Å². The van der Waals surface area contributed by atoms with Gasteiger partial charge in [-0.15, -0.1) is 0 Å². The van der Waals surface area contributed by atoms with Gasteiger partial charge in [0.1, 0.15) is 17.3 Å². The van der Waals surface area contributed by atoms with Gasteiger partial charge in [0.25, 0.3) is 5.91 Å². The zero-order valence-electron chi connectivity index (χ0n) is 16.1. The van der Waals surface area contributed by atoms with Crippen LogP contribution in [0.3, 0.4) is 0 Å². The molecule has 0 aliphatic carbocycles. The van der Waals surface area contributed by atoms with E-state index in [4.69, 9.17) is 9.47 Å². The summed E-state index contributed by atoms with van der Waals surface area (Å²) in [6, 6.07) is 3.66. The number of ether oxygens (including phenoxy) is 2. The second kappa shape index (κ2) is 7.35. The van der Waals surface area contributed by atoms with Crippen molar-refractivity contribution in [2.24, 2.45) is 5.92 Å². The standard InChI is InChI=1S/C19H26N2O5/c1-11(2)10-26-16(22)13(4)21-17(23)19(5,20-18(21)24)14-7-8-15(25-6)12(3)9-14/h7-9,11,13H,10H2,1-6H3,(H,20,24). The number of carbonyl (C=O) groups is 3. The topological polar surface area (TPSA) is 84.9 Å². The molecular weight excluding hydrogens is 336 g/mol. The van der Waals surface area contributed by atoms with Crippen LogP contribution in [-0.4, -0.2) is 42.6 Å². The number of carbonyl (C=O) groups excluding carboxylic acids is 3. The average Bonchev–Trinajstić information content (AvgIpc) is 2.81. The molecule has 1 saturated heterocycles. The van der Waals surface area contributed by atoms with Crippen molar-refractivity contribution in [2.75, 3.05) is 13.7 Å². The van der Waals surface area contributed by atoms with Gasteiger partial charge in [0.05, 0.1) is 13.7 Å². The fraction of sp³-hybridized carbons (Fsp3) is 0.526. The maximum absolute atomic E-state index is 13.0. The van der Waals surface area contributed by atoms with Crippen molar-refractivity contribution < 1.29 is 23.9 Å². The fourth-order valence-corrected chi connectivity index (χ4v) is 2.87. The summed E-state index contributed by atoms with van der Waals surface area (Å²) in [7, 11) is 1.57. The summed E-state index contributed by atoms with van der Waals surface area (Å²) in [5.74, 6) is -0.225. The molecule has 0 spiro atoms. The van der Waals surface area contributed by atoms with Gasteiger partial charge in [-0.2, -0.15) is 0 Å². The van der Waals surface area contributed by atoms with Crippen LogP contribution < -0.4 is 10.1 Å². The predicted molar refractivity (Wildman–Crippen MR) is 95.7 cm³/mol. The number of nitrogens with zero attached hydrogens (tertiary/aromatic N) is 1. The number of hydrogen-bond acceptors (Lipinski definition) is 5. The molecule has 1 aromatic carbocycles. The highest BCUT2D eigenvalue weighted by Gasteiger charge is 2.52. The Morgan fingerprint density at radius 3 is 2.46 bits per heavy atom. The molecule has 0 aromatic heterocycles. The molecule has 1 fully saturated rings. The van der Waals surface area contributed by atoms with E-state index in [2.05, 4.69) is 5.32 Å². The van der Waals surface area contributed by atoms with E-state index in [-0.39, 0.29) is 12.5 Å². The third kappa shape index (κ3) is 3.52. The molecule has 1 aliphatic rings. The number of imide groups is 1. The monoisotopic (exact) mass is 362 g/mol. The van der Waals surface area contributed by atoms with Crippen molar-refractivity contribution in [3.8, 4) is 5.75 Å². The lowest BCUT2D eigenvalue weighted by Gasteiger charge is -2.25. The van der Waals surface area contributed by atoms with Gasteiger partial charge in [0, 0.05) is 0 Å². The van der Waals surface area contributed by atoms with E-state index in [0.717, 1.165) is 10.5 Å². The first-order chi connectivity index (χ1) is 12.1. The van der Waals surface area contributed by atoms with Crippen LogP contribution in [-0.2, 0) is 19.9 Å². The molecule has 1 N–H and O–H groups in total. The number of benzene rings is 1. The van der Waals surface area contributed by atoms with Crippen LogP contribution in [0, 0.1) is 12.8 Å². The number of rotatable bonds is 6. The fourth-order valence-electron chi connectivity index (χ4n) is 2.87. The molecular formula is C19H26N2O5. The van der Waals surface area contributed by atoms with Crippen LogP contribution in [0.25, 0.3) is 0 Å². The van der Waals surface area contributed by atoms with Crippen molar-refractivity contribution >= 4 is 17.9 Å². The molecule has 142 valence electrons. The normalized spacial score (nSPS) is 21.0. The summed E-state index contributed by atoms with van der Waals surface area (Å²) in [5, 5.41) is 2.70. The van der Waals surface area contributed by atoms with Gasteiger partial charge in [-0.05, 0) is 49.9 Å². The van der Waals surface area contributed by atoms with E-state index < -0.39 is 29.5 Å². The average molecular weight is 362 g/mol. The number of urea groups is 1. The molecule has 1 aliphatic heterocycles. The second-order valence-electron chi connectivity index (χ2n) is 7.11. The lowest BCUT2D eigenvalue weighted by atomic mass is 9.90. The third-order valence-corrected chi connectivity index (χ3v) is 4.48. The van der Waals surface area contributed by atoms with Gasteiger partial charge in [-0.25, -0.2) is 14.5 Å². The summed E-state index contributed by atoms with van der Waals surface area (Å²) in [4.78, 5) is 38.5. The van der Waals surface area contributed by atoms with Crippen molar-refractivity contribution in [3.63, 3.8) is 0 Å². The van der Waals surface area contributed by atoms with Gasteiger partial charge < -0.3 is 14.8 Å². The smallest absolute Gasteiger partial charge is 0.329 e. The number of aryl methyl sites for hydroxylation is 1. The van der Waals surface area contributed by atoms with Gasteiger partial charge in [-0.1, -0.05) is 19.9 Å². The lowest BCUT2D eigenvalue weighted by molar-refractivity contribution is -0.153. The Morgan fingerprint density at radius 2 is 1.92 bits per heavy atom. The molecule has 1 aromatic rings. The Bertz CT molecular complexity index is 731. The number of amides is 3. The van der Waals surface area contributed by atoms with Gasteiger partial charge >= 0.3 is 12.0 Å². The molecule has 2 unspecified atom stereocenters. The number of hydrogen-bond donors (Lipinski definition) is 1. The van der Waals surface area contributed by atoms with Crippen LogP contribution in [0.1, 0.15) is 38.8 Å². The molecule has 7 nitrogen and oxygen atoms in total. The Labute approximate surface area is 153 Å². The van der Waals surface area contributed by atoms with Gasteiger partial charge in [-0.3, -0.25) is 4.79 Å². The van der Waals surface area contributed by atoms with E-state index in [1.807, 2.05) is 20.8 Å². The van der Waals surface area contributed by atoms with Crippen LogP contribution in [0.4, 0.5) is 4.79 Å². The molecule has 0 saturated carbocycles. The Balaban J connectivity index is 2.27. The van der Waals surface area contributed by atoms with Gasteiger partial charge in [0.15, 0.2) is 0 Å². The third-order valence-electron chi connectivity index (χ3n) is 4.48. The Morgan fingerprint density at radius 1 is 1.27 bits per heavy atom. The van der Waals surface area contributed by atoms with Crippen molar-refractivity contribution in [1.29, 1.82) is 0 Å². The van der Waals surface area contributed by atoms with Crippen molar-refractivity contribution in [2.45, 2.75) is 46.2 Å². The Hall–Kier alpha value is -2.57. The van der Waals surface area contributed by atoms with Gasteiger partial charge in [0.2, 0.25) is 0 Å². The van der Waals surface area contributed by atoms with Crippen LogP contribution in [0.15, 0.2) is 18.2 Å².